The van der Waals surface area contributed by atoms with Gasteiger partial charge in [-0.1, -0.05) is 0 Å². The maximum atomic E-state index is 11.4. The molecular weight excluding hydrogens is 214 g/mol. The first-order chi connectivity index (χ1) is 7.34. The van der Waals surface area contributed by atoms with Gasteiger partial charge in [0.15, 0.2) is 0 Å². The predicted octanol–water partition coefficient (Wildman–Crippen LogP) is 0.397. The Hall–Kier alpha value is -0.260. The standard InChI is InChI=1S/C10H19NO3S/c12-5-2-7-15-8-4-11-10(13)9-3-1-6-14-9/h9,12H,1-8H2,(H,11,13)/t9-/m0/s1. The van der Waals surface area contributed by atoms with Crippen molar-refractivity contribution in [1.29, 1.82) is 0 Å². The number of hydrogen-bond acceptors (Lipinski definition) is 4. The van der Waals surface area contributed by atoms with Gasteiger partial charge in [-0.2, -0.15) is 11.8 Å². The normalized spacial score (nSPS) is 20.5. The van der Waals surface area contributed by atoms with Crippen molar-refractivity contribution in [1.82, 2.24) is 5.32 Å². The molecule has 2 N–H and O–H groups in total. The Morgan fingerprint density at radius 1 is 1.53 bits per heavy atom. The van der Waals surface area contributed by atoms with Crippen LogP contribution >= 0.6 is 11.8 Å². The molecule has 4 nitrogen and oxygen atoms in total. The van der Waals surface area contributed by atoms with E-state index < -0.39 is 0 Å². The van der Waals surface area contributed by atoms with Gasteiger partial charge in [0.25, 0.3) is 0 Å². The smallest absolute Gasteiger partial charge is 0.249 e. The average Bonchev–Trinajstić information content (AvgIpc) is 2.76. The molecule has 1 saturated heterocycles. The molecule has 1 heterocycles. The molecule has 1 aliphatic heterocycles. The van der Waals surface area contributed by atoms with Crippen LogP contribution in [-0.2, 0) is 9.53 Å². The summed E-state index contributed by atoms with van der Waals surface area (Å²) in [5, 5.41) is 11.4. The maximum absolute atomic E-state index is 11.4. The van der Waals surface area contributed by atoms with Crippen molar-refractivity contribution in [3.63, 3.8) is 0 Å². The van der Waals surface area contributed by atoms with Gasteiger partial charge in [-0.05, 0) is 25.0 Å². The minimum atomic E-state index is -0.215. The summed E-state index contributed by atoms with van der Waals surface area (Å²) in [4.78, 5) is 11.4. The highest BCUT2D eigenvalue weighted by Gasteiger charge is 2.22. The molecule has 1 amide bonds. The Morgan fingerprint density at radius 3 is 3.07 bits per heavy atom. The number of nitrogens with one attached hydrogen (secondary N) is 1. The van der Waals surface area contributed by atoms with Crippen LogP contribution in [0.15, 0.2) is 0 Å². The van der Waals surface area contributed by atoms with Crippen LogP contribution in [0.3, 0.4) is 0 Å². The third-order valence-corrected chi connectivity index (χ3v) is 3.28. The zero-order valence-electron chi connectivity index (χ0n) is 8.91. The molecule has 0 bridgehead atoms. The van der Waals surface area contributed by atoms with Gasteiger partial charge < -0.3 is 15.2 Å². The molecule has 1 atom stereocenters. The van der Waals surface area contributed by atoms with E-state index in [1.54, 1.807) is 11.8 Å². The number of carbonyl (C=O) groups excluding carboxylic acids is 1. The van der Waals surface area contributed by atoms with E-state index >= 15 is 0 Å². The van der Waals surface area contributed by atoms with E-state index in [1.807, 2.05) is 0 Å². The van der Waals surface area contributed by atoms with Crippen LogP contribution in [0.5, 0.6) is 0 Å². The minimum absolute atomic E-state index is 0.0234. The number of rotatable bonds is 7. The van der Waals surface area contributed by atoms with Gasteiger partial charge in [-0.3, -0.25) is 4.79 Å². The molecule has 15 heavy (non-hydrogen) atoms. The highest BCUT2D eigenvalue weighted by atomic mass is 32.2. The summed E-state index contributed by atoms with van der Waals surface area (Å²) in [5.74, 6) is 1.88. The fraction of sp³-hybridized carbons (Fsp3) is 0.900. The summed E-state index contributed by atoms with van der Waals surface area (Å²) in [6.45, 7) is 1.65. The minimum Gasteiger partial charge on any atom is -0.396 e. The van der Waals surface area contributed by atoms with Crippen LogP contribution in [0.25, 0.3) is 0 Å². The van der Waals surface area contributed by atoms with Crippen molar-refractivity contribution in [3.8, 4) is 0 Å². The molecule has 5 heteroatoms. The first-order valence-electron chi connectivity index (χ1n) is 5.42. The monoisotopic (exact) mass is 233 g/mol. The van der Waals surface area contributed by atoms with Crippen LogP contribution < -0.4 is 5.32 Å². The number of aliphatic hydroxyl groups excluding tert-OH is 1. The molecule has 0 spiro atoms. The Balaban J connectivity index is 1.92. The van der Waals surface area contributed by atoms with Crippen LogP contribution in [-0.4, -0.2) is 48.4 Å². The second-order valence-electron chi connectivity index (χ2n) is 3.48. The average molecular weight is 233 g/mol. The lowest BCUT2D eigenvalue weighted by Crippen LogP contribution is -2.35. The van der Waals surface area contributed by atoms with Gasteiger partial charge in [0.1, 0.15) is 6.10 Å². The molecule has 0 aromatic carbocycles. The van der Waals surface area contributed by atoms with E-state index in [4.69, 9.17) is 9.84 Å². The molecule has 0 saturated carbocycles. The maximum Gasteiger partial charge on any atom is 0.249 e. The summed E-state index contributed by atoms with van der Waals surface area (Å²) < 4.78 is 5.26. The van der Waals surface area contributed by atoms with Gasteiger partial charge in [-0.15, -0.1) is 0 Å². The number of thioether (sulfide) groups is 1. The lowest BCUT2D eigenvalue weighted by molar-refractivity contribution is -0.129. The number of amides is 1. The Bertz CT molecular complexity index is 184. The largest absolute Gasteiger partial charge is 0.396 e. The Kier molecular flexibility index (Phi) is 6.80. The van der Waals surface area contributed by atoms with Gasteiger partial charge in [0, 0.05) is 25.5 Å². The van der Waals surface area contributed by atoms with Crippen LogP contribution in [0, 0.1) is 0 Å². The van der Waals surface area contributed by atoms with E-state index in [0.717, 1.165) is 30.8 Å². The molecule has 0 aromatic heterocycles. The number of carbonyl (C=O) groups is 1. The van der Waals surface area contributed by atoms with Gasteiger partial charge in [0.2, 0.25) is 5.91 Å². The van der Waals surface area contributed by atoms with E-state index in [9.17, 15) is 4.79 Å². The Morgan fingerprint density at radius 2 is 2.40 bits per heavy atom. The molecule has 1 aliphatic rings. The molecule has 0 radical (unpaired) electrons. The molecule has 88 valence electrons. The first-order valence-corrected chi connectivity index (χ1v) is 6.58. The molecule has 0 aromatic rings. The fourth-order valence-electron chi connectivity index (χ4n) is 1.41. The fourth-order valence-corrected chi connectivity index (χ4v) is 2.20. The predicted molar refractivity (Wildman–Crippen MR) is 61.0 cm³/mol. The lowest BCUT2D eigenvalue weighted by Gasteiger charge is -2.09. The van der Waals surface area contributed by atoms with Gasteiger partial charge in [0.05, 0.1) is 0 Å². The highest BCUT2D eigenvalue weighted by molar-refractivity contribution is 7.99. The van der Waals surface area contributed by atoms with Crippen LogP contribution in [0.1, 0.15) is 19.3 Å². The van der Waals surface area contributed by atoms with Gasteiger partial charge in [-0.25, -0.2) is 0 Å². The summed E-state index contributed by atoms with van der Waals surface area (Å²) in [6.07, 6.45) is 2.45. The SMILES string of the molecule is O=C(NCCSCCCO)[C@@H]1CCCO1. The van der Waals surface area contributed by atoms with E-state index in [1.165, 1.54) is 0 Å². The topological polar surface area (TPSA) is 58.6 Å². The molecular formula is C10H19NO3S. The molecule has 0 aliphatic carbocycles. The highest BCUT2D eigenvalue weighted by Crippen LogP contribution is 2.11. The van der Waals surface area contributed by atoms with Crippen molar-refractivity contribution in [2.24, 2.45) is 0 Å². The summed E-state index contributed by atoms with van der Waals surface area (Å²) in [6, 6.07) is 0. The van der Waals surface area contributed by atoms with E-state index in [-0.39, 0.29) is 18.6 Å². The molecule has 1 rings (SSSR count). The first kappa shape index (κ1) is 12.8. The third kappa shape index (κ3) is 5.39. The lowest BCUT2D eigenvalue weighted by atomic mass is 10.2. The third-order valence-electron chi connectivity index (χ3n) is 2.21. The quantitative estimate of drug-likeness (QED) is 0.625. The van der Waals surface area contributed by atoms with E-state index in [0.29, 0.717) is 13.2 Å². The zero-order valence-corrected chi connectivity index (χ0v) is 9.72. The van der Waals surface area contributed by atoms with Crippen molar-refractivity contribution in [3.05, 3.63) is 0 Å². The second kappa shape index (κ2) is 7.96. The van der Waals surface area contributed by atoms with Gasteiger partial charge >= 0.3 is 0 Å². The molecule has 0 unspecified atom stereocenters. The van der Waals surface area contributed by atoms with Crippen LogP contribution in [0.4, 0.5) is 0 Å². The van der Waals surface area contributed by atoms with Crippen molar-refractivity contribution in [2.75, 3.05) is 31.3 Å². The second-order valence-corrected chi connectivity index (χ2v) is 4.71. The number of aliphatic hydroxyl groups is 1. The van der Waals surface area contributed by atoms with Crippen molar-refractivity contribution < 1.29 is 14.6 Å². The summed E-state index contributed by atoms with van der Waals surface area (Å²) in [7, 11) is 0. The van der Waals surface area contributed by atoms with Crippen molar-refractivity contribution >= 4 is 17.7 Å². The van der Waals surface area contributed by atoms with E-state index in [2.05, 4.69) is 5.32 Å². The van der Waals surface area contributed by atoms with Crippen LogP contribution in [0.2, 0.25) is 0 Å². The Labute approximate surface area is 94.8 Å². The zero-order chi connectivity index (χ0) is 10.9. The number of ether oxygens (including phenoxy) is 1. The summed E-state index contributed by atoms with van der Waals surface area (Å²) in [5.41, 5.74) is 0. The van der Waals surface area contributed by atoms with Crippen molar-refractivity contribution in [2.45, 2.75) is 25.4 Å². The number of hydrogen-bond donors (Lipinski definition) is 2. The molecule has 1 fully saturated rings. The summed E-state index contributed by atoms with van der Waals surface area (Å²) >= 11 is 1.75.